The largest absolute Gasteiger partial charge is 0.359 e. The second kappa shape index (κ2) is 8.27. The standard InChI is InChI=1S/C26H30N6O2/c1-14(2)25-18-9-23(34)31(5)21-13-32(12-20(30-25)24(18)21)11-15(3)26-17(8-22(33)27-4)16-6-7-28-10-19(16)29-26/h6-7,10,12-15H,8-9,11H2,1-5H3,(H2,27,28,29,33)/p+1. The summed E-state index contributed by atoms with van der Waals surface area (Å²) in [6.07, 6.45) is 8.51. The topological polar surface area (TPSA) is 97.8 Å². The third-order valence-corrected chi connectivity index (χ3v) is 6.98. The van der Waals surface area contributed by atoms with Gasteiger partial charge in [0.1, 0.15) is 11.2 Å². The van der Waals surface area contributed by atoms with Crippen LogP contribution in [-0.4, -0.2) is 40.9 Å². The van der Waals surface area contributed by atoms with Crippen molar-refractivity contribution in [2.45, 2.75) is 52.0 Å². The number of H-pyrrole nitrogens is 2. The van der Waals surface area contributed by atoms with Crippen molar-refractivity contribution in [3.8, 4) is 0 Å². The van der Waals surface area contributed by atoms with E-state index in [0.717, 1.165) is 50.0 Å². The summed E-state index contributed by atoms with van der Waals surface area (Å²) in [5.74, 6) is 0.498. The van der Waals surface area contributed by atoms with E-state index in [0.29, 0.717) is 25.3 Å². The number of likely N-dealkylation sites (N-methyl/N-ethyl adjacent to an activating group) is 2. The summed E-state index contributed by atoms with van der Waals surface area (Å²) >= 11 is 0. The van der Waals surface area contributed by atoms with Crippen LogP contribution in [0.25, 0.3) is 21.8 Å². The minimum atomic E-state index is -0.0232. The Morgan fingerprint density at radius 2 is 1.97 bits per heavy atom. The molecule has 176 valence electrons. The van der Waals surface area contributed by atoms with Gasteiger partial charge in [-0.1, -0.05) is 20.8 Å². The van der Waals surface area contributed by atoms with E-state index in [1.165, 1.54) is 0 Å². The summed E-state index contributed by atoms with van der Waals surface area (Å²) in [7, 11) is 3.51. The molecule has 0 bridgehead atoms. The SMILES string of the molecule is CNC(=O)Cc1c(C(C)C[n+]2cc3c4c(c(C(C)C)[nH]c4c2)CC(=O)N3C)[nH]c2cnccc12. The summed E-state index contributed by atoms with van der Waals surface area (Å²) < 4.78 is 2.15. The molecule has 0 aliphatic carbocycles. The Kier molecular flexibility index (Phi) is 5.38. The van der Waals surface area contributed by atoms with Gasteiger partial charge >= 0.3 is 0 Å². The van der Waals surface area contributed by atoms with E-state index < -0.39 is 0 Å². The molecule has 3 N–H and O–H groups in total. The zero-order valence-corrected chi connectivity index (χ0v) is 20.3. The minimum absolute atomic E-state index is 0.0232. The van der Waals surface area contributed by atoms with Gasteiger partial charge in [-0.05, 0) is 23.1 Å². The third kappa shape index (κ3) is 3.54. The van der Waals surface area contributed by atoms with Gasteiger partial charge in [-0.3, -0.25) is 14.6 Å². The van der Waals surface area contributed by atoms with Crippen LogP contribution in [0, 0.1) is 0 Å². The van der Waals surface area contributed by atoms with Crippen LogP contribution >= 0.6 is 0 Å². The lowest BCUT2D eigenvalue weighted by Crippen LogP contribution is -2.39. The zero-order valence-electron chi connectivity index (χ0n) is 20.3. The quantitative estimate of drug-likeness (QED) is 0.387. The molecule has 4 aromatic rings. The first-order valence-electron chi connectivity index (χ1n) is 11.8. The lowest BCUT2D eigenvalue weighted by atomic mass is 9.97. The van der Waals surface area contributed by atoms with E-state index in [1.807, 2.05) is 13.1 Å². The fraction of sp³-hybridized carbons (Fsp3) is 0.385. The van der Waals surface area contributed by atoms with Gasteiger partial charge in [-0.25, -0.2) is 4.57 Å². The van der Waals surface area contributed by atoms with Crippen LogP contribution in [0.2, 0.25) is 0 Å². The number of anilines is 1. The van der Waals surface area contributed by atoms with Gasteiger partial charge in [0, 0.05) is 42.5 Å². The number of pyridine rings is 2. The van der Waals surface area contributed by atoms with Gasteiger partial charge in [-0.15, -0.1) is 0 Å². The van der Waals surface area contributed by atoms with Gasteiger partial charge in [0.05, 0.1) is 30.5 Å². The van der Waals surface area contributed by atoms with Gasteiger partial charge in [0.15, 0.2) is 18.9 Å². The highest BCUT2D eigenvalue weighted by molar-refractivity contribution is 6.09. The summed E-state index contributed by atoms with van der Waals surface area (Å²) in [4.78, 5) is 38.1. The number of carbonyl (C=O) groups excluding carboxylic acids is 2. The van der Waals surface area contributed by atoms with Crippen molar-refractivity contribution in [3.63, 3.8) is 0 Å². The Morgan fingerprint density at radius 3 is 2.71 bits per heavy atom. The number of hydrogen-bond donors (Lipinski definition) is 3. The number of nitrogens with one attached hydrogen (secondary N) is 3. The molecule has 1 aliphatic rings. The molecule has 0 fully saturated rings. The fourth-order valence-corrected chi connectivity index (χ4v) is 5.23. The molecule has 0 spiro atoms. The highest BCUT2D eigenvalue weighted by atomic mass is 16.2. The smallest absolute Gasteiger partial charge is 0.231 e. The van der Waals surface area contributed by atoms with Gasteiger partial charge in [-0.2, -0.15) is 0 Å². The van der Waals surface area contributed by atoms with E-state index in [-0.39, 0.29) is 17.7 Å². The number of nitrogens with zero attached hydrogens (tertiary/aromatic N) is 3. The molecule has 0 radical (unpaired) electrons. The Hall–Kier alpha value is -3.68. The molecule has 1 unspecified atom stereocenters. The van der Waals surface area contributed by atoms with Crippen molar-refractivity contribution >= 4 is 39.3 Å². The highest BCUT2D eigenvalue weighted by Gasteiger charge is 2.31. The molecule has 8 heteroatoms. The fourth-order valence-electron chi connectivity index (χ4n) is 5.23. The number of hydrogen-bond acceptors (Lipinski definition) is 3. The van der Waals surface area contributed by atoms with Crippen LogP contribution in [0.4, 0.5) is 5.69 Å². The maximum Gasteiger partial charge on any atom is 0.231 e. The highest BCUT2D eigenvalue weighted by Crippen LogP contribution is 2.37. The van der Waals surface area contributed by atoms with E-state index in [2.05, 4.69) is 58.0 Å². The number of rotatable bonds is 6. The predicted octanol–water partition coefficient (Wildman–Crippen LogP) is 3.07. The second-order valence-electron chi connectivity index (χ2n) is 9.62. The first-order chi connectivity index (χ1) is 16.3. The number of aromatic nitrogens is 4. The molecular weight excluding hydrogens is 428 g/mol. The summed E-state index contributed by atoms with van der Waals surface area (Å²) in [5, 5.41) is 4.91. The monoisotopic (exact) mass is 459 g/mol. The zero-order chi connectivity index (χ0) is 24.1. The summed E-state index contributed by atoms with van der Waals surface area (Å²) in [6, 6.07) is 1.96. The molecule has 0 saturated heterocycles. The molecule has 1 aliphatic heterocycles. The predicted molar refractivity (Wildman–Crippen MR) is 132 cm³/mol. The Balaban J connectivity index is 1.57. The van der Waals surface area contributed by atoms with Gasteiger partial charge < -0.3 is 20.2 Å². The maximum atomic E-state index is 12.8. The van der Waals surface area contributed by atoms with Crippen LogP contribution in [0.15, 0.2) is 30.9 Å². The average molecular weight is 460 g/mol. The molecule has 8 nitrogen and oxygen atoms in total. The van der Waals surface area contributed by atoms with Crippen molar-refractivity contribution in [2.24, 2.45) is 0 Å². The average Bonchev–Trinajstić information content (AvgIpc) is 3.36. The van der Waals surface area contributed by atoms with Crippen LogP contribution < -0.4 is 14.8 Å². The molecule has 0 aromatic carbocycles. The summed E-state index contributed by atoms with van der Waals surface area (Å²) in [6.45, 7) is 7.15. The number of amides is 2. The first-order valence-corrected chi connectivity index (χ1v) is 11.8. The Bertz CT molecular complexity index is 1430. The molecular formula is C26H31N6O2+. The number of aromatic amines is 2. The minimum Gasteiger partial charge on any atom is -0.359 e. The molecule has 2 amide bonds. The maximum absolute atomic E-state index is 12.8. The van der Waals surface area contributed by atoms with Crippen LogP contribution in [-0.2, 0) is 29.0 Å². The lowest BCUT2D eigenvalue weighted by Gasteiger charge is -2.23. The molecule has 5 heterocycles. The van der Waals surface area contributed by atoms with Crippen LogP contribution in [0.1, 0.15) is 55.1 Å². The van der Waals surface area contributed by atoms with Crippen LogP contribution in [0.5, 0.6) is 0 Å². The van der Waals surface area contributed by atoms with Crippen molar-refractivity contribution in [2.75, 3.05) is 19.0 Å². The lowest BCUT2D eigenvalue weighted by molar-refractivity contribution is -0.697. The Labute approximate surface area is 198 Å². The van der Waals surface area contributed by atoms with Gasteiger partial charge in [0.2, 0.25) is 11.8 Å². The van der Waals surface area contributed by atoms with Crippen LogP contribution in [0.3, 0.4) is 0 Å². The van der Waals surface area contributed by atoms with E-state index in [9.17, 15) is 9.59 Å². The Morgan fingerprint density at radius 1 is 1.21 bits per heavy atom. The molecule has 1 atom stereocenters. The normalized spacial score (nSPS) is 14.4. The van der Waals surface area contributed by atoms with Crippen molar-refractivity contribution < 1.29 is 14.2 Å². The second-order valence-corrected chi connectivity index (χ2v) is 9.62. The van der Waals surface area contributed by atoms with Gasteiger partial charge in [0.25, 0.3) is 0 Å². The van der Waals surface area contributed by atoms with E-state index >= 15 is 0 Å². The van der Waals surface area contributed by atoms with E-state index in [1.54, 1.807) is 24.3 Å². The van der Waals surface area contributed by atoms with E-state index in [4.69, 9.17) is 0 Å². The summed E-state index contributed by atoms with van der Waals surface area (Å²) in [5.41, 5.74) is 7.22. The molecule has 5 rings (SSSR count). The number of fused-ring (bicyclic) bond motifs is 1. The van der Waals surface area contributed by atoms with Crippen molar-refractivity contribution in [3.05, 3.63) is 53.4 Å². The number of carbonyl (C=O) groups is 2. The molecule has 34 heavy (non-hydrogen) atoms. The molecule has 0 saturated carbocycles. The molecule has 4 aromatic heterocycles. The first kappa shape index (κ1) is 22.1. The third-order valence-electron chi connectivity index (χ3n) is 6.98. The van der Waals surface area contributed by atoms with Crippen molar-refractivity contribution in [1.82, 2.24) is 20.3 Å². The van der Waals surface area contributed by atoms with Crippen molar-refractivity contribution in [1.29, 1.82) is 0 Å².